The van der Waals surface area contributed by atoms with Crippen molar-refractivity contribution in [2.75, 3.05) is 0 Å². The minimum atomic E-state index is 0. The van der Waals surface area contributed by atoms with Gasteiger partial charge in [0.2, 0.25) is 0 Å². The molecule has 1 heteroatoms. The molecule has 12 radical (unpaired) electrons. The van der Waals surface area contributed by atoms with E-state index < -0.39 is 0 Å². The van der Waals surface area contributed by atoms with Crippen molar-refractivity contribution in [3.63, 3.8) is 0 Å². The van der Waals surface area contributed by atoms with Crippen LogP contribution in [0.4, 0.5) is 0 Å². The normalized spacial score (nSPS) is 25.2. The third-order valence-corrected chi connectivity index (χ3v) is 3.59. The van der Waals surface area contributed by atoms with Gasteiger partial charge in [0.15, 0.2) is 0 Å². The molecule has 0 spiro atoms. The molecule has 0 saturated heterocycles. The van der Waals surface area contributed by atoms with Gasteiger partial charge in [-0.05, 0) is 74.5 Å². The number of hydrogen-bond donors (Lipinski definition) is 0. The van der Waals surface area contributed by atoms with Crippen LogP contribution in [0, 0.1) is 74.5 Å². The molecular weight excluding hydrogens is 252 g/mol. The molecular formula is C17H22Ti. The van der Waals surface area contributed by atoms with Crippen LogP contribution in [0.2, 0.25) is 0 Å². The SMILES string of the molecule is C[C]1[C](C)[C](C)[C](C)[C]1C.[CH]1[CH][CH][CH][CH][CH][CH]1.[Ti]. The van der Waals surface area contributed by atoms with Gasteiger partial charge in [-0.25, -0.2) is 0 Å². The zero-order chi connectivity index (χ0) is 12.8. The van der Waals surface area contributed by atoms with Crippen molar-refractivity contribution in [3.05, 3.63) is 74.5 Å². The summed E-state index contributed by atoms with van der Waals surface area (Å²) in [4.78, 5) is 0. The summed E-state index contributed by atoms with van der Waals surface area (Å²) in [5.41, 5.74) is 0. The molecule has 2 fully saturated rings. The van der Waals surface area contributed by atoms with Crippen LogP contribution < -0.4 is 0 Å². The molecule has 0 heterocycles. The van der Waals surface area contributed by atoms with Crippen LogP contribution in [0.25, 0.3) is 0 Å². The minimum Gasteiger partial charge on any atom is -0.0579 e. The Hall–Kier alpha value is 0.714. The predicted octanol–water partition coefficient (Wildman–Crippen LogP) is 4.40. The van der Waals surface area contributed by atoms with E-state index in [1.807, 2.05) is 44.9 Å². The van der Waals surface area contributed by atoms with E-state index in [2.05, 4.69) is 34.6 Å². The van der Waals surface area contributed by atoms with E-state index in [9.17, 15) is 0 Å². The second-order valence-corrected chi connectivity index (χ2v) is 4.47. The molecule has 2 saturated carbocycles. The average Bonchev–Trinajstić information content (AvgIpc) is 2.65. The molecule has 0 nitrogen and oxygen atoms in total. The summed E-state index contributed by atoms with van der Waals surface area (Å²) in [6.07, 6.45) is 14.0. The first-order valence-electron chi connectivity index (χ1n) is 6.08. The molecule has 2 aliphatic carbocycles. The average molecular weight is 274 g/mol. The van der Waals surface area contributed by atoms with Crippen molar-refractivity contribution < 1.29 is 21.7 Å². The van der Waals surface area contributed by atoms with E-state index in [1.165, 1.54) is 29.6 Å². The molecule has 0 N–H and O–H groups in total. The summed E-state index contributed by atoms with van der Waals surface area (Å²) in [6.45, 7) is 11.0. The van der Waals surface area contributed by atoms with Crippen LogP contribution in [0.3, 0.4) is 0 Å². The fraction of sp³-hybridized carbons (Fsp3) is 0.294. The maximum atomic E-state index is 2.20. The van der Waals surface area contributed by atoms with Gasteiger partial charge in [-0.15, -0.1) is 0 Å². The summed E-state index contributed by atoms with van der Waals surface area (Å²) in [5, 5.41) is 0. The van der Waals surface area contributed by atoms with Crippen molar-refractivity contribution in [2.24, 2.45) is 0 Å². The molecule has 94 valence electrons. The van der Waals surface area contributed by atoms with Gasteiger partial charge in [0.05, 0.1) is 0 Å². The van der Waals surface area contributed by atoms with E-state index in [4.69, 9.17) is 0 Å². The van der Waals surface area contributed by atoms with Gasteiger partial charge in [0.1, 0.15) is 0 Å². The van der Waals surface area contributed by atoms with E-state index in [-0.39, 0.29) is 21.7 Å². The molecule has 0 amide bonds. The Morgan fingerprint density at radius 1 is 0.389 bits per heavy atom. The maximum Gasteiger partial charge on any atom is 0 e. The number of hydrogen-bond acceptors (Lipinski definition) is 0. The zero-order valence-corrected chi connectivity index (χ0v) is 13.6. The summed E-state index contributed by atoms with van der Waals surface area (Å²) in [6, 6.07) is 0. The summed E-state index contributed by atoms with van der Waals surface area (Å²) in [5.74, 6) is 7.34. The Balaban J connectivity index is 0.000000321. The zero-order valence-electron chi connectivity index (χ0n) is 12.0. The second kappa shape index (κ2) is 9.59. The summed E-state index contributed by atoms with van der Waals surface area (Å²) >= 11 is 0. The smallest absolute Gasteiger partial charge is 0 e. The van der Waals surface area contributed by atoms with Gasteiger partial charge in [-0.2, -0.15) is 0 Å². The first kappa shape index (κ1) is 18.7. The molecule has 0 aromatic rings. The fourth-order valence-corrected chi connectivity index (χ4v) is 1.86. The van der Waals surface area contributed by atoms with Crippen molar-refractivity contribution in [1.82, 2.24) is 0 Å². The summed E-state index contributed by atoms with van der Waals surface area (Å²) < 4.78 is 0. The van der Waals surface area contributed by atoms with Gasteiger partial charge >= 0.3 is 0 Å². The Kier molecular flexibility index (Phi) is 9.97. The molecule has 0 aliphatic heterocycles. The van der Waals surface area contributed by atoms with Crippen molar-refractivity contribution in [2.45, 2.75) is 34.6 Å². The summed E-state index contributed by atoms with van der Waals surface area (Å²) in [7, 11) is 0. The molecule has 0 unspecified atom stereocenters. The Morgan fingerprint density at radius 2 is 0.500 bits per heavy atom. The third kappa shape index (κ3) is 5.37. The molecule has 2 rings (SSSR count). The van der Waals surface area contributed by atoms with Crippen LogP contribution in [-0.2, 0) is 21.7 Å². The van der Waals surface area contributed by atoms with Crippen LogP contribution in [0.1, 0.15) is 34.6 Å². The van der Waals surface area contributed by atoms with E-state index in [1.54, 1.807) is 0 Å². The molecule has 2 aliphatic rings. The van der Waals surface area contributed by atoms with E-state index in [0.29, 0.717) is 0 Å². The standard InChI is InChI=1S/C10H15.C7H7.Ti/c1-6-7(2)9(4)10(5)8(6)3;1-2-4-6-7-5-3-1;/h1-5H3;1-7H;. The van der Waals surface area contributed by atoms with Crippen LogP contribution in [0.5, 0.6) is 0 Å². The first-order valence-corrected chi connectivity index (χ1v) is 6.08. The molecule has 18 heavy (non-hydrogen) atoms. The monoisotopic (exact) mass is 274 g/mol. The first-order chi connectivity index (χ1) is 8.05. The third-order valence-electron chi connectivity index (χ3n) is 3.59. The van der Waals surface area contributed by atoms with Gasteiger partial charge < -0.3 is 0 Å². The van der Waals surface area contributed by atoms with Crippen LogP contribution in [0.15, 0.2) is 0 Å². The molecule has 0 bridgehead atoms. The largest absolute Gasteiger partial charge is 0.0579 e. The van der Waals surface area contributed by atoms with Gasteiger partial charge in [-0.1, -0.05) is 34.6 Å². The van der Waals surface area contributed by atoms with Crippen molar-refractivity contribution in [1.29, 1.82) is 0 Å². The van der Waals surface area contributed by atoms with Crippen LogP contribution >= 0.6 is 0 Å². The topological polar surface area (TPSA) is 0 Å². The molecule has 0 aromatic heterocycles. The van der Waals surface area contributed by atoms with Crippen molar-refractivity contribution in [3.8, 4) is 0 Å². The fourth-order valence-electron chi connectivity index (χ4n) is 1.86. The van der Waals surface area contributed by atoms with Crippen LogP contribution in [-0.4, -0.2) is 0 Å². The Bertz CT molecular complexity index is 137. The van der Waals surface area contributed by atoms with Gasteiger partial charge in [0, 0.05) is 21.7 Å². The molecule has 0 aromatic carbocycles. The predicted molar refractivity (Wildman–Crippen MR) is 74.7 cm³/mol. The number of rotatable bonds is 0. The second-order valence-electron chi connectivity index (χ2n) is 4.47. The van der Waals surface area contributed by atoms with E-state index >= 15 is 0 Å². The Labute approximate surface area is 131 Å². The Morgan fingerprint density at radius 3 is 0.611 bits per heavy atom. The van der Waals surface area contributed by atoms with E-state index in [0.717, 1.165) is 0 Å². The maximum absolute atomic E-state index is 2.20. The molecule has 0 atom stereocenters. The quantitative estimate of drug-likeness (QED) is 0.453. The van der Waals surface area contributed by atoms with Gasteiger partial charge in [0.25, 0.3) is 0 Å². The minimum absolute atomic E-state index is 0. The van der Waals surface area contributed by atoms with Gasteiger partial charge in [-0.3, -0.25) is 0 Å². The van der Waals surface area contributed by atoms with Crippen molar-refractivity contribution >= 4 is 0 Å².